The van der Waals surface area contributed by atoms with Crippen molar-refractivity contribution in [1.29, 1.82) is 5.26 Å². The third kappa shape index (κ3) is 3.10. The summed E-state index contributed by atoms with van der Waals surface area (Å²) in [6.07, 6.45) is 0.371. The quantitative estimate of drug-likeness (QED) is 0.600. The molecule has 0 unspecified atom stereocenters. The molecular weight excluding hydrogens is 336 g/mol. The fraction of sp³-hybridized carbons (Fsp3) is 0.421. The fourth-order valence-corrected chi connectivity index (χ4v) is 3.49. The number of Topliss-reactive ketones (excluding diaryl/α,β-unsaturated/α-hetero) is 3. The molecular formula is C19H18N2O5. The number of nitriles is 1. The van der Waals surface area contributed by atoms with E-state index in [1.165, 1.54) is 4.90 Å². The van der Waals surface area contributed by atoms with E-state index in [1.807, 2.05) is 6.07 Å². The van der Waals surface area contributed by atoms with Crippen LogP contribution in [0, 0.1) is 17.2 Å². The first kappa shape index (κ1) is 17.8. The Morgan fingerprint density at radius 2 is 1.96 bits per heavy atom. The summed E-state index contributed by atoms with van der Waals surface area (Å²) in [6, 6.07) is 7.08. The molecule has 0 saturated heterocycles. The normalized spacial score (nSPS) is 22.5. The standard InChI is InChI=1S/C19H18N2O5/c1-2-14(22)19-15(23)8-12(9-16(19)24)11-3-4-17-13(7-11)21(6-5-20)18(25)10-26-17/h3-4,7,12,19H,2,6,8-10H2,1H3. The van der Waals surface area contributed by atoms with Crippen molar-refractivity contribution in [2.24, 2.45) is 5.92 Å². The van der Waals surface area contributed by atoms with Gasteiger partial charge in [-0.25, -0.2) is 0 Å². The molecule has 7 heteroatoms. The number of ketones is 3. The van der Waals surface area contributed by atoms with Gasteiger partial charge in [-0.15, -0.1) is 0 Å². The average molecular weight is 354 g/mol. The van der Waals surface area contributed by atoms with E-state index < -0.39 is 5.92 Å². The van der Waals surface area contributed by atoms with Crippen LogP contribution in [0.1, 0.15) is 37.7 Å². The lowest BCUT2D eigenvalue weighted by Gasteiger charge is -2.30. The van der Waals surface area contributed by atoms with Crippen molar-refractivity contribution in [2.45, 2.75) is 32.1 Å². The minimum absolute atomic E-state index is 0.103. The summed E-state index contributed by atoms with van der Waals surface area (Å²) in [5.74, 6) is -2.34. The molecule has 1 aliphatic heterocycles. The number of benzene rings is 1. The van der Waals surface area contributed by atoms with Crippen molar-refractivity contribution in [3.63, 3.8) is 0 Å². The van der Waals surface area contributed by atoms with Gasteiger partial charge in [0.25, 0.3) is 5.91 Å². The zero-order valence-corrected chi connectivity index (χ0v) is 14.4. The lowest BCUT2D eigenvalue weighted by molar-refractivity contribution is -0.142. The molecule has 1 aromatic carbocycles. The van der Waals surface area contributed by atoms with Crippen LogP contribution in [-0.4, -0.2) is 36.4 Å². The SMILES string of the molecule is CCC(=O)C1C(=O)CC(c2ccc3c(c2)N(CC#N)C(=O)CO3)CC1=O. The summed E-state index contributed by atoms with van der Waals surface area (Å²) in [5, 5.41) is 8.95. The van der Waals surface area contributed by atoms with Gasteiger partial charge in [-0.1, -0.05) is 13.0 Å². The molecule has 1 saturated carbocycles. The van der Waals surface area contributed by atoms with Gasteiger partial charge in [0.05, 0.1) is 11.8 Å². The number of ether oxygens (including phenoxy) is 1. The highest BCUT2D eigenvalue weighted by atomic mass is 16.5. The molecule has 0 spiro atoms. The second-order valence-corrected chi connectivity index (χ2v) is 6.44. The van der Waals surface area contributed by atoms with Crippen molar-refractivity contribution in [3.8, 4) is 11.8 Å². The van der Waals surface area contributed by atoms with Gasteiger partial charge in [-0.05, 0) is 23.6 Å². The number of carbonyl (C=O) groups is 4. The second kappa shape index (κ2) is 7.08. The van der Waals surface area contributed by atoms with Crippen molar-refractivity contribution < 1.29 is 23.9 Å². The summed E-state index contributed by atoms with van der Waals surface area (Å²) < 4.78 is 5.38. The van der Waals surface area contributed by atoms with Crippen LogP contribution in [-0.2, 0) is 19.2 Å². The molecule has 7 nitrogen and oxygen atoms in total. The van der Waals surface area contributed by atoms with Crippen LogP contribution in [0.4, 0.5) is 5.69 Å². The highest BCUT2D eigenvalue weighted by molar-refractivity contribution is 6.20. The van der Waals surface area contributed by atoms with E-state index in [0.717, 1.165) is 0 Å². The zero-order chi connectivity index (χ0) is 18.8. The summed E-state index contributed by atoms with van der Waals surface area (Å²) in [4.78, 5) is 49.8. The van der Waals surface area contributed by atoms with E-state index in [0.29, 0.717) is 17.0 Å². The minimum atomic E-state index is -1.13. The maximum absolute atomic E-state index is 12.3. The van der Waals surface area contributed by atoms with E-state index in [9.17, 15) is 19.2 Å². The van der Waals surface area contributed by atoms with Gasteiger partial charge in [-0.2, -0.15) is 5.26 Å². The third-order valence-electron chi connectivity index (χ3n) is 4.84. The molecule has 1 fully saturated rings. The third-order valence-corrected chi connectivity index (χ3v) is 4.84. The highest BCUT2D eigenvalue weighted by Crippen LogP contribution is 2.38. The molecule has 1 amide bonds. The maximum Gasteiger partial charge on any atom is 0.265 e. The van der Waals surface area contributed by atoms with Crippen molar-refractivity contribution in [1.82, 2.24) is 0 Å². The fourth-order valence-electron chi connectivity index (χ4n) is 3.49. The molecule has 1 aromatic rings. The second-order valence-electron chi connectivity index (χ2n) is 6.44. The molecule has 0 aromatic heterocycles. The van der Waals surface area contributed by atoms with E-state index in [-0.39, 0.29) is 61.6 Å². The number of nitrogens with zero attached hydrogens (tertiary/aromatic N) is 2. The number of hydrogen-bond acceptors (Lipinski definition) is 6. The Bertz CT molecular complexity index is 821. The van der Waals surface area contributed by atoms with Crippen LogP contribution in [0.3, 0.4) is 0 Å². The first-order chi connectivity index (χ1) is 12.5. The number of amides is 1. The minimum Gasteiger partial charge on any atom is -0.482 e. The lowest BCUT2D eigenvalue weighted by atomic mass is 9.75. The summed E-state index contributed by atoms with van der Waals surface area (Å²) >= 11 is 0. The number of carbonyl (C=O) groups excluding carboxylic acids is 4. The first-order valence-electron chi connectivity index (χ1n) is 8.48. The lowest BCUT2D eigenvalue weighted by Crippen LogP contribution is -2.39. The molecule has 134 valence electrons. The summed E-state index contributed by atoms with van der Waals surface area (Å²) in [6.45, 7) is 1.41. The largest absolute Gasteiger partial charge is 0.482 e. The Hall–Kier alpha value is -3.01. The molecule has 2 aliphatic rings. The Morgan fingerprint density at radius 3 is 2.58 bits per heavy atom. The Labute approximate surface area is 150 Å². The molecule has 1 aliphatic carbocycles. The smallest absolute Gasteiger partial charge is 0.265 e. The van der Waals surface area contributed by atoms with Crippen LogP contribution >= 0.6 is 0 Å². The molecule has 0 atom stereocenters. The van der Waals surface area contributed by atoms with Crippen LogP contribution in [0.5, 0.6) is 5.75 Å². The predicted octanol–water partition coefficient (Wildman–Crippen LogP) is 1.55. The zero-order valence-electron chi connectivity index (χ0n) is 14.4. The van der Waals surface area contributed by atoms with Gasteiger partial charge in [0.1, 0.15) is 18.2 Å². The van der Waals surface area contributed by atoms with E-state index in [1.54, 1.807) is 25.1 Å². The topological polar surface area (TPSA) is 105 Å². The predicted molar refractivity (Wildman–Crippen MR) is 90.7 cm³/mol. The van der Waals surface area contributed by atoms with Gasteiger partial charge in [0.15, 0.2) is 24.0 Å². The van der Waals surface area contributed by atoms with Crippen molar-refractivity contribution >= 4 is 28.9 Å². The van der Waals surface area contributed by atoms with Crippen LogP contribution < -0.4 is 9.64 Å². The van der Waals surface area contributed by atoms with Gasteiger partial charge < -0.3 is 4.74 Å². The molecule has 26 heavy (non-hydrogen) atoms. The Kier molecular flexibility index (Phi) is 4.85. The van der Waals surface area contributed by atoms with Crippen LogP contribution in [0.25, 0.3) is 0 Å². The van der Waals surface area contributed by atoms with Gasteiger partial charge in [-0.3, -0.25) is 24.1 Å². The van der Waals surface area contributed by atoms with Crippen LogP contribution in [0.15, 0.2) is 18.2 Å². The highest BCUT2D eigenvalue weighted by Gasteiger charge is 2.40. The Balaban J connectivity index is 1.89. The van der Waals surface area contributed by atoms with E-state index in [2.05, 4.69) is 0 Å². The molecule has 3 rings (SSSR count). The molecule has 0 bridgehead atoms. The average Bonchev–Trinajstić information content (AvgIpc) is 2.63. The number of hydrogen-bond donors (Lipinski definition) is 0. The van der Waals surface area contributed by atoms with Gasteiger partial charge >= 0.3 is 0 Å². The first-order valence-corrected chi connectivity index (χ1v) is 8.48. The van der Waals surface area contributed by atoms with E-state index in [4.69, 9.17) is 10.00 Å². The monoisotopic (exact) mass is 354 g/mol. The number of fused-ring (bicyclic) bond motifs is 1. The molecule has 1 heterocycles. The molecule has 0 N–H and O–H groups in total. The number of anilines is 1. The Morgan fingerprint density at radius 1 is 1.27 bits per heavy atom. The van der Waals surface area contributed by atoms with Crippen LogP contribution in [0.2, 0.25) is 0 Å². The van der Waals surface area contributed by atoms with E-state index >= 15 is 0 Å². The summed E-state index contributed by atoms with van der Waals surface area (Å²) in [5.41, 5.74) is 1.18. The number of rotatable bonds is 4. The maximum atomic E-state index is 12.3. The van der Waals surface area contributed by atoms with Gasteiger partial charge in [0, 0.05) is 19.3 Å². The van der Waals surface area contributed by atoms with Gasteiger partial charge in [0.2, 0.25) is 0 Å². The van der Waals surface area contributed by atoms with Crippen molar-refractivity contribution in [3.05, 3.63) is 23.8 Å². The molecule has 0 radical (unpaired) electrons. The van der Waals surface area contributed by atoms with Crippen molar-refractivity contribution in [2.75, 3.05) is 18.1 Å². The summed E-state index contributed by atoms with van der Waals surface area (Å²) in [7, 11) is 0.